The second-order valence-electron chi connectivity index (χ2n) is 11.2. The van der Waals surface area contributed by atoms with Gasteiger partial charge in [-0.05, 0) is 56.0 Å². The molecule has 0 saturated heterocycles. The van der Waals surface area contributed by atoms with Crippen LogP contribution >= 0.6 is 11.3 Å². The van der Waals surface area contributed by atoms with Crippen LogP contribution in [0.15, 0.2) is 66.4 Å². The van der Waals surface area contributed by atoms with Crippen molar-refractivity contribution in [2.75, 3.05) is 0 Å². The summed E-state index contributed by atoms with van der Waals surface area (Å²) in [6.45, 7) is 14.6. The zero-order valence-corrected chi connectivity index (χ0v) is 29.5. The van der Waals surface area contributed by atoms with E-state index in [1.165, 1.54) is 31.8 Å². The number of carbonyl (C=O) groups is 1. The summed E-state index contributed by atoms with van der Waals surface area (Å²) in [6.07, 6.45) is 4.91. The first-order valence-corrected chi connectivity index (χ1v) is 16.1. The van der Waals surface area contributed by atoms with Gasteiger partial charge in [0.05, 0.1) is 11.3 Å². The van der Waals surface area contributed by atoms with Crippen molar-refractivity contribution in [1.82, 2.24) is 9.97 Å². The van der Waals surface area contributed by atoms with E-state index in [4.69, 9.17) is 9.97 Å². The van der Waals surface area contributed by atoms with Crippen LogP contribution in [-0.2, 0) is 24.9 Å². The quantitative estimate of drug-likeness (QED) is 0.0921. The van der Waals surface area contributed by atoms with E-state index in [0.29, 0.717) is 5.92 Å². The Kier molecular flexibility index (Phi) is 12.6. The van der Waals surface area contributed by atoms with E-state index < -0.39 is 0 Å². The molecule has 0 amide bonds. The molecule has 229 valence electrons. The number of aryl methyl sites for hydroxylation is 1. The Hall–Kier alpha value is -2.92. The van der Waals surface area contributed by atoms with Gasteiger partial charge in [-0.2, -0.15) is 0 Å². The molecule has 5 rings (SSSR count). The molecule has 2 aromatic carbocycles. The SMILES string of the molecule is CCC(CC)C(=O)/C=C(\O)C(CC)CC.Cc1cc2c(s1)c(-c1[c-]c3ccccc3c(C(C)C)n1)nc1ccccc12.[Ir]. The van der Waals surface area contributed by atoms with E-state index in [2.05, 4.69) is 75.4 Å². The summed E-state index contributed by atoms with van der Waals surface area (Å²) in [4.78, 5) is 23.0. The van der Waals surface area contributed by atoms with Crippen LogP contribution < -0.4 is 0 Å². The number of aromatic nitrogens is 2. The normalized spacial score (nSPS) is 11.8. The molecule has 0 aliphatic carbocycles. The van der Waals surface area contributed by atoms with Crippen molar-refractivity contribution in [2.45, 2.75) is 80.1 Å². The van der Waals surface area contributed by atoms with Crippen molar-refractivity contribution in [2.24, 2.45) is 11.8 Å². The molecular weight excluding hydrogens is 729 g/mol. The van der Waals surface area contributed by atoms with Crippen molar-refractivity contribution >= 4 is 48.9 Å². The monoisotopic (exact) mass is 772 g/mol. The van der Waals surface area contributed by atoms with Gasteiger partial charge in [0.15, 0.2) is 5.78 Å². The number of ketones is 1. The molecule has 0 saturated carbocycles. The maximum absolute atomic E-state index is 11.7. The third-order valence-corrected chi connectivity index (χ3v) is 9.10. The molecule has 0 fully saturated rings. The number of para-hydroxylation sites is 1. The number of thiophene rings is 1. The fourth-order valence-electron chi connectivity index (χ4n) is 5.50. The molecule has 0 bridgehead atoms. The van der Waals surface area contributed by atoms with E-state index in [1.807, 2.05) is 33.8 Å². The largest absolute Gasteiger partial charge is 0.512 e. The summed E-state index contributed by atoms with van der Waals surface area (Å²) >= 11 is 1.79. The number of nitrogens with zero attached hydrogens (tertiary/aromatic N) is 2. The van der Waals surface area contributed by atoms with Crippen LogP contribution in [0.25, 0.3) is 43.1 Å². The number of hydrogen-bond acceptors (Lipinski definition) is 5. The van der Waals surface area contributed by atoms with Crippen LogP contribution in [0.4, 0.5) is 0 Å². The third-order valence-electron chi connectivity index (χ3n) is 8.04. The number of pyridine rings is 2. The number of rotatable bonds is 9. The second-order valence-corrected chi connectivity index (χ2v) is 12.5. The zero-order valence-electron chi connectivity index (χ0n) is 26.3. The molecule has 5 aromatic rings. The van der Waals surface area contributed by atoms with Gasteiger partial charge in [0.2, 0.25) is 0 Å². The van der Waals surface area contributed by atoms with Gasteiger partial charge in [-0.25, -0.2) is 0 Å². The number of hydrogen-bond donors (Lipinski definition) is 1. The van der Waals surface area contributed by atoms with Crippen molar-refractivity contribution < 1.29 is 30.0 Å². The molecule has 0 aliphatic rings. The Morgan fingerprint density at radius 2 is 1.49 bits per heavy atom. The minimum absolute atomic E-state index is 0. The number of allylic oxidation sites excluding steroid dienone is 2. The van der Waals surface area contributed by atoms with Gasteiger partial charge < -0.3 is 5.11 Å². The first-order chi connectivity index (χ1) is 20.2. The topological polar surface area (TPSA) is 63.1 Å². The smallest absolute Gasteiger partial charge is 0.162 e. The molecule has 0 unspecified atom stereocenters. The van der Waals surface area contributed by atoms with E-state index in [-0.39, 0.29) is 43.5 Å². The minimum atomic E-state index is 0. The van der Waals surface area contributed by atoms with E-state index in [9.17, 15) is 9.90 Å². The standard InChI is InChI=1S/C24H19N2S.C13H24O2.Ir/c1-14(2)22-17-9-5-4-8-16(17)13-21(26-22)23-24-19(12-15(3)27-24)18-10-6-7-11-20(18)25-23;1-5-10(6-2)12(14)9-13(15)11(7-3)8-4;/h4-12,14H,1-3H3;9-11,14H,5-8H2,1-4H3;/q-1;;/b;12-9-;. The maximum Gasteiger partial charge on any atom is 0.162 e. The summed E-state index contributed by atoms with van der Waals surface area (Å²) in [5.74, 6) is 0.885. The molecule has 0 aliphatic heterocycles. The molecule has 3 heterocycles. The predicted molar refractivity (Wildman–Crippen MR) is 179 cm³/mol. The number of aliphatic hydroxyl groups excluding tert-OH is 1. The van der Waals surface area contributed by atoms with Crippen LogP contribution in [-0.4, -0.2) is 20.9 Å². The maximum atomic E-state index is 11.7. The molecule has 43 heavy (non-hydrogen) atoms. The van der Waals surface area contributed by atoms with Gasteiger partial charge in [0, 0.05) is 70.1 Å². The van der Waals surface area contributed by atoms with Crippen LogP contribution in [0.2, 0.25) is 0 Å². The molecule has 1 radical (unpaired) electrons. The van der Waals surface area contributed by atoms with Crippen LogP contribution in [0.5, 0.6) is 0 Å². The van der Waals surface area contributed by atoms with Gasteiger partial charge in [-0.15, -0.1) is 34.9 Å². The fraction of sp³-hybridized carbons (Fsp3) is 0.378. The van der Waals surface area contributed by atoms with Gasteiger partial charge in [-0.1, -0.05) is 77.3 Å². The molecule has 3 aromatic heterocycles. The van der Waals surface area contributed by atoms with Crippen LogP contribution in [0.3, 0.4) is 0 Å². The average Bonchev–Trinajstić information content (AvgIpc) is 3.39. The molecule has 1 N–H and O–H groups in total. The third kappa shape index (κ3) is 7.78. The summed E-state index contributed by atoms with van der Waals surface area (Å²) in [6, 6.07) is 22.5. The summed E-state index contributed by atoms with van der Waals surface area (Å²) in [5, 5.41) is 14.5. The predicted octanol–water partition coefficient (Wildman–Crippen LogP) is 10.8. The van der Waals surface area contributed by atoms with Crippen molar-refractivity contribution in [3.8, 4) is 11.4 Å². The van der Waals surface area contributed by atoms with Crippen LogP contribution in [0, 0.1) is 24.8 Å². The number of carbonyl (C=O) groups excluding carboxylic acids is 1. The number of fused-ring (bicyclic) bond motifs is 4. The Bertz CT molecular complexity index is 1710. The van der Waals surface area contributed by atoms with Crippen molar-refractivity contribution in [1.29, 1.82) is 0 Å². The average molecular weight is 772 g/mol. The van der Waals surface area contributed by atoms with Crippen LogP contribution in [0.1, 0.15) is 83.7 Å². The summed E-state index contributed by atoms with van der Waals surface area (Å²) in [7, 11) is 0. The molecule has 0 atom stereocenters. The first-order valence-electron chi connectivity index (χ1n) is 15.3. The second kappa shape index (κ2) is 15.7. The Labute approximate surface area is 274 Å². The molecular formula is C37H43IrN2O2S-. The molecule has 4 nitrogen and oxygen atoms in total. The van der Waals surface area contributed by atoms with Crippen molar-refractivity contribution in [3.63, 3.8) is 0 Å². The number of benzene rings is 2. The van der Waals surface area contributed by atoms with Gasteiger partial charge >= 0.3 is 0 Å². The minimum Gasteiger partial charge on any atom is -0.512 e. The molecule has 6 heteroatoms. The van der Waals surface area contributed by atoms with Gasteiger partial charge in [0.1, 0.15) is 0 Å². The fourth-order valence-corrected chi connectivity index (χ4v) is 6.52. The summed E-state index contributed by atoms with van der Waals surface area (Å²) in [5.41, 5.74) is 3.90. The Balaban J connectivity index is 0.000000274. The first kappa shape index (κ1) is 34.6. The van der Waals surface area contributed by atoms with Gasteiger partial charge in [0.25, 0.3) is 0 Å². The Morgan fingerprint density at radius 3 is 2.12 bits per heavy atom. The summed E-state index contributed by atoms with van der Waals surface area (Å²) < 4.78 is 1.19. The van der Waals surface area contributed by atoms with E-state index in [0.717, 1.165) is 53.7 Å². The zero-order chi connectivity index (χ0) is 30.4. The molecule has 0 spiro atoms. The van der Waals surface area contributed by atoms with E-state index >= 15 is 0 Å². The Morgan fingerprint density at radius 1 is 0.884 bits per heavy atom. The van der Waals surface area contributed by atoms with E-state index in [1.54, 1.807) is 11.3 Å². The van der Waals surface area contributed by atoms with Gasteiger partial charge in [-0.3, -0.25) is 14.8 Å². The van der Waals surface area contributed by atoms with Crippen molar-refractivity contribution in [3.05, 3.63) is 83.1 Å². The number of aliphatic hydroxyl groups is 1.